The van der Waals surface area contributed by atoms with Gasteiger partial charge in [-0.3, -0.25) is 4.99 Å². The van der Waals surface area contributed by atoms with Crippen molar-refractivity contribution in [1.82, 2.24) is 0 Å². The van der Waals surface area contributed by atoms with Crippen LogP contribution in [0.15, 0.2) is 65.7 Å². The quantitative estimate of drug-likeness (QED) is 0.770. The van der Waals surface area contributed by atoms with E-state index >= 15 is 0 Å². The fraction of sp³-hybridized carbons (Fsp3) is 0.125. The number of nitrogens with zero attached hydrogens (tertiary/aromatic N) is 1. The number of aliphatic imine (C=N–C) groups is 1. The van der Waals surface area contributed by atoms with Crippen LogP contribution in [0.1, 0.15) is 17.2 Å². The first-order valence-electron chi connectivity index (χ1n) is 6.20. The second-order valence-electron chi connectivity index (χ2n) is 4.37. The van der Waals surface area contributed by atoms with E-state index in [1.807, 2.05) is 60.7 Å². The molecule has 2 aromatic rings. The maximum absolute atomic E-state index is 11.8. The van der Waals surface area contributed by atoms with Gasteiger partial charge in [-0.2, -0.15) is 0 Å². The van der Waals surface area contributed by atoms with E-state index in [4.69, 9.17) is 4.74 Å². The maximum atomic E-state index is 11.8. The lowest BCUT2D eigenvalue weighted by atomic mass is 10.0. The molecule has 0 aromatic heterocycles. The van der Waals surface area contributed by atoms with Crippen molar-refractivity contribution in [2.24, 2.45) is 4.99 Å². The largest absolute Gasteiger partial charge is 0.458 e. The average Bonchev–Trinajstić information content (AvgIpc) is 2.49. The van der Waals surface area contributed by atoms with Crippen molar-refractivity contribution < 1.29 is 9.53 Å². The molecule has 3 rings (SSSR count). The third kappa shape index (κ3) is 2.40. The van der Waals surface area contributed by atoms with Crippen molar-refractivity contribution in [3.05, 3.63) is 71.8 Å². The van der Waals surface area contributed by atoms with Crippen LogP contribution in [0, 0.1) is 0 Å². The lowest BCUT2D eigenvalue weighted by Gasteiger charge is -2.20. The molecule has 1 heterocycles. The molecule has 0 saturated carbocycles. The van der Waals surface area contributed by atoms with Crippen molar-refractivity contribution in [1.29, 1.82) is 0 Å². The Bertz CT molecular complexity index is 605. The van der Waals surface area contributed by atoms with Crippen LogP contribution in [-0.2, 0) is 9.53 Å². The standard InChI is InChI=1S/C16H13NO2/c18-16-15(13-9-5-2-6-10-13)17-14(11-19-16)12-7-3-1-4-8-12/h1-10,14H,11H2. The van der Waals surface area contributed by atoms with Gasteiger partial charge < -0.3 is 4.74 Å². The van der Waals surface area contributed by atoms with Crippen LogP contribution in [-0.4, -0.2) is 18.3 Å². The minimum atomic E-state index is -0.349. The molecule has 0 bridgehead atoms. The zero-order valence-electron chi connectivity index (χ0n) is 10.3. The van der Waals surface area contributed by atoms with Crippen LogP contribution < -0.4 is 0 Å². The molecule has 1 aliphatic heterocycles. The van der Waals surface area contributed by atoms with E-state index < -0.39 is 0 Å². The van der Waals surface area contributed by atoms with E-state index in [0.29, 0.717) is 12.3 Å². The first-order valence-corrected chi connectivity index (χ1v) is 6.20. The molecule has 0 fully saturated rings. The molecule has 3 nitrogen and oxygen atoms in total. The molecule has 0 radical (unpaired) electrons. The summed E-state index contributed by atoms with van der Waals surface area (Å²) >= 11 is 0. The first kappa shape index (κ1) is 11.7. The van der Waals surface area contributed by atoms with E-state index in [0.717, 1.165) is 11.1 Å². The predicted octanol–water partition coefficient (Wildman–Crippen LogP) is 2.77. The Morgan fingerprint density at radius 2 is 1.58 bits per heavy atom. The topological polar surface area (TPSA) is 38.7 Å². The number of benzene rings is 2. The molecule has 94 valence electrons. The summed E-state index contributed by atoms with van der Waals surface area (Å²) < 4.78 is 5.24. The van der Waals surface area contributed by atoms with Crippen LogP contribution in [0.2, 0.25) is 0 Å². The van der Waals surface area contributed by atoms with Crippen LogP contribution in [0.3, 0.4) is 0 Å². The van der Waals surface area contributed by atoms with Crippen LogP contribution in [0.5, 0.6) is 0 Å². The van der Waals surface area contributed by atoms with Crippen molar-refractivity contribution >= 4 is 11.7 Å². The van der Waals surface area contributed by atoms with Gasteiger partial charge in [0, 0.05) is 5.56 Å². The number of carbonyl (C=O) groups is 1. The molecule has 1 atom stereocenters. The van der Waals surface area contributed by atoms with E-state index in [1.54, 1.807) is 0 Å². The minimum Gasteiger partial charge on any atom is -0.458 e. The number of esters is 1. The summed E-state index contributed by atoms with van der Waals surface area (Å²) in [5.74, 6) is -0.349. The van der Waals surface area contributed by atoms with Gasteiger partial charge in [-0.25, -0.2) is 4.79 Å². The Morgan fingerprint density at radius 1 is 0.947 bits per heavy atom. The predicted molar refractivity (Wildman–Crippen MR) is 73.1 cm³/mol. The highest BCUT2D eigenvalue weighted by molar-refractivity contribution is 6.43. The smallest absolute Gasteiger partial charge is 0.357 e. The van der Waals surface area contributed by atoms with Gasteiger partial charge >= 0.3 is 5.97 Å². The van der Waals surface area contributed by atoms with Gasteiger partial charge in [-0.05, 0) is 5.56 Å². The lowest BCUT2D eigenvalue weighted by molar-refractivity contribution is -0.137. The monoisotopic (exact) mass is 251 g/mol. The number of carbonyl (C=O) groups excluding carboxylic acids is 1. The second-order valence-corrected chi connectivity index (χ2v) is 4.37. The fourth-order valence-electron chi connectivity index (χ4n) is 2.10. The fourth-order valence-corrected chi connectivity index (χ4v) is 2.10. The Balaban J connectivity index is 1.98. The Hall–Kier alpha value is -2.42. The molecule has 19 heavy (non-hydrogen) atoms. The van der Waals surface area contributed by atoms with Gasteiger partial charge in [0.05, 0.1) is 0 Å². The Morgan fingerprint density at radius 3 is 2.26 bits per heavy atom. The van der Waals surface area contributed by atoms with E-state index in [9.17, 15) is 4.79 Å². The number of hydrogen-bond donors (Lipinski definition) is 0. The number of cyclic esters (lactones) is 1. The molecule has 0 N–H and O–H groups in total. The highest BCUT2D eigenvalue weighted by Crippen LogP contribution is 2.22. The molecule has 1 aliphatic rings. The zero-order valence-corrected chi connectivity index (χ0v) is 10.3. The van der Waals surface area contributed by atoms with Gasteiger partial charge in [0.25, 0.3) is 0 Å². The summed E-state index contributed by atoms with van der Waals surface area (Å²) in [5.41, 5.74) is 2.26. The molecular weight excluding hydrogens is 238 g/mol. The normalized spacial score (nSPS) is 18.6. The van der Waals surface area contributed by atoms with Crippen molar-refractivity contribution in [3.8, 4) is 0 Å². The highest BCUT2D eigenvalue weighted by Gasteiger charge is 2.25. The van der Waals surface area contributed by atoms with Gasteiger partial charge in [0.2, 0.25) is 0 Å². The van der Waals surface area contributed by atoms with Crippen LogP contribution >= 0.6 is 0 Å². The van der Waals surface area contributed by atoms with Gasteiger partial charge in [0.15, 0.2) is 5.71 Å². The lowest BCUT2D eigenvalue weighted by Crippen LogP contribution is -2.27. The second kappa shape index (κ2) is 5.06. The highest BCUT2D eigenvalue weighted by atomic mass is 16.5. The van der Waals surface area contributed by atoms with Gasteiger partial charge in [-0.1, -0.05) is 60.7 Å². The summed E-state index contributed by atoms with van der Waals surface area (Å²) in [7, 11) is 0. The molecule has 3 heteroatoms. The third-order valence-electron chi connectivity index (χ3n) is 3.08. The van der Waals surface area contributed by atoms with E-state index in [2.05, 4.69) is 4.99 Å². The Kier molecular flexibility index (Phi) is 3.11. The number of rotatable bonds is 2. The van der Waals surface area contributed by atoms with Gasteiger partial charge in [-0.15, -0.1) is 0 Å². The summed E-state index contributed by atoms with van der Waals surface area (Å²) in [4.78, 5) is 16.4. The van der Waals surface area contributed by atoms with E-state index in [-0.39, 0.29) is 12.0 Å². The zero-order chi connectivity index (χ0) is 13.1. The van der Waals surface area contributed by atoms with Crippen molar-refractivity contribution in [3.63, 3.8) is 0 Å². The van der Waals surface area contributed by atoms with Crippen LogP contribution in [0.25, 0.3) is 0 Å². The number of ether oxygens (including phenoxy) is 1. The summed E-state index contributed by atoms with van der Waals surface area (Å²) in [5, 5.41) is 0. The molecule has 1 unspecified atom stereocenters. The maximum Gasteiger partial charge on any atom is 0.357 e. The third-order valence-corrected chi connectivity index (χ3v) is 3.08. The summed E-state index contributed by atoms with van der Waals surface area (Å²) in [6, 6.07) is 19.2. The molecular formula is C16H13NO2. The minimum absolute atomic E-state index is 0.117. The number of hydrogen-bond acceptors (Lipinski definition) is 3. The average molecular weight is 251 g/mol. The van der Waals surface area contributed by atoms with Crippen molar-refractivity contribution in [2.45, 2.75) is 6.04 Å². The molecule has 0 spiro atoms. The van der Waals surface area contributed by atoms with Gasteiger partial charge in [0.1, 0.15) is 12.6 Å². The molecule has 0 saturated heterocycles. The summed E-state index contributed by atoms with van der Waals surface area (Å²) in [6.07, 6.45) is 0. The van der Waals surface area contributed by atoms with Crippen LogP contribution in [0.4, 0.5) is 0 Å². The first-order chi connectivity index (χ1) is 9.34. The SMILES string of the molecule is O=C1OCC(c2ccccc2)N=C1c1ccccc1. The molecule has 0 aliphatic carbocycles. The van der Waals surface area contributed by atoms with Crippen molar-refractivity contribution in [2.75, 3.05) is 6.61 Å². The summed E-state index contributed by atoms with van der Waals surface area (Å²) in [6.45, 7) is 0.305. The molecule has 2 aromatic carbocycles. The molecule has 0 amide bonds. The van der Waals surface area contributed by atoms with E-state index in [1.165, 1.54) is 0 Å². The Labute approximate surface area is 111 Å².